The Morgan fingerprint density at radius 1 is 1.26 bits per heavy atom. The van der Waals surface area contributed by atoms with E-state index in [4.69, 9.17) is 0 Å². The van der Waals surface area contributed by atoms with Crippen molar-refractivity contribution in [2.45, 2.75) is 6.92 Å². The Morgan fingerprint density at radius 3 is 2.74 bits per heavy atom. The minimum absolute atomic E-state index is 0.116. The number of anilines is 1. The van der Waals surface area contributed by atoms with Gasteiger partial charge >= 0.3 is 0 Å². The molecule has 0 bridgehead atoms. The van der Waals surface area contributed by atoms with Crippen LogP contribution in [0.3, 0.4) is 0 Å². The van der Waals surface area contributed by atoms with Crippen LogP contribution in [0, 0.1) is 6.92 Å². The van der Waals surface area contributed by atoms with E-state index >= 15 is 0 Å². The first-order valence-corrected chi connectivity index (χ1v) is 7.17. The van der Waals surface area contributed by atoms with Gasteiger partial charge in [-0.25, -0.2) is 0 Å². The molecule has 2 heterocycles. The molecule has 0 atom stereocenters. The smallest absolute Gasteiger partial charge is 0.256 e. The van der Waals surface area contributed by atoms with Gasteiger partial charge in [0.05, 0.1) is 17.0 Å². The molecule has 0 saturated carbocycles. The molecule has 0 spiro atoms. The number of hydrogen-bond donors (Lipinski definition) is 2. The van der Waals surface area contributed by atoms with E-state index in [-0.39, 0.29) is 5.91 Å². The maximum Gasteiger partial charge on any atom is 0.256 e. The molecule has 0 radical (unpaired) electrons. The van der Waals surface area contributed by atoms with Crippen molar-refractivity contribution < 1.29 is 4.79 Å². The number of rotatable bonds is 1. The predicted octanol–water partition coefficient (Wildman–Crippen LogP) is 3.74. The van der Waals surface area contributed by atoms with Gasteiger partial charge in [-0.05, 0) is 47.1 Å². The van der Waals surface area contributed by atoms with E-state index in [0.717, 1.165) is 31.6 Å². The zero-order valence-corrected chi connectivity index (χ0v) is 13.1. The number of nitrogens with zero attached hydrogens (tertiary/aromatic N) is 1. The lowest BCUT2D eigenvalue weighted by Crippen LogP contribution is -2.03. The molecule has 1 amide bonds. The third-order valence-corrected chi connectivity index (χ3v) is 3.93. The molecule has 0 fully saturated rings. The lowest BCUT2D eigenvalue weighted by atomic mass is 10.1. The molecule has 1 aliphatic rings. The molecule has 0 saturated heterocycles. The molecule has 96 valence electrons. The summed E-state index contributed by atoms with van der Waals surface area (Å²) in [6.07, 6.45) is 1.78. The zero-order valence-electron chi connectivity index (χ0n) is 9.92. The van der Waals surface area contributed by atoms with Crippen LogP contribution in [0.15, 0.2) is 27.1 Å². The van der Waals surface area contributed by atoms with Gasteiger partial charge in [-0.15, -0.1) is 0 Å². The van der Waals surface area contributed by atoms with Crippen LogP contribution in [-0.2, 0) is 4.79 Å². The van der Waals surface area contributed by atoms with Gasteiger partial charge in [-0.3, -0.25) is 9.89 Å². The Balaban J connectivity index is 2.15. The standard InChI is InChI=1S/C13H9Br2N3O/c1-6-2-8(18-17-6)5-10-9-3-7(14)4-11(15)12(9)16-13(10)19/h2-5H,1H3,(H,16,19)(H,17,18). The fourth-order valence-electron chi connectivity index (χ4n) is 2.02. The average Bonchev–Trinajstić information content (AvgIpc) is 2.87. The number of aromatic amines is 1. The Morgan fingerprint density at radius 2 is 2.05 bits per heavy atom. The Labute approximate surface area is 126 Å². The van der Waals surface area contributed by atoms with E-state index < -0.39 is 0 Å². The first-order chi connectivity index (χ1) is 9.04. The van der Waals surface area contributed by atoms with Crippen LogP contribution in [0.4, 0.5) is 5.69 Å². The highest BCUT2D eigenvalue weighted by Crippen LogP contribution is 2.40. The molecule has 0 aliphatic carbocycles. The average molecular weight is 383 g/mol. The van der Waals surface area contributed by atoms with Crippen molar-refractivity contribution in [3.8, 4) is 0 Å². The van der Waals surface area contributed by atoms with Crippen molar-refractivity contribution in [3.05, 3.63) is 44.1 Å². The number of carbonyl (C=O) groups is 1. The third-order valence-electron chi connectivity index (χ3n) is 2.85. The number of aromatic nitrogens is 2. The van der Waals surface area contributed by atoms with E-state index in [1.54, 1.807) is 6.08 Å². The minimum Gasteiger partial charge on any atom is -0.320 e. The summed E-state index contributed by atoms with van der Waals surface area (Å²) in [5.41, 5.74) is 3.98. The lowest BCUT2D eigenvalue weighted by Gasteiger charge is -2.02. The minimum atomic E-state index is -0.116. The van der Waals surface area contributed by atoms with Crippen LogP contribution in [0.1, 0.15) is 17.0 Å². The largest absolute Gasteiger partial charge is 0.320 e. The second-order valence-corrected chi connectivity index (χ2v) is 6.07. The number of carbonyl (C=O) groups excluding carboxylic acids is 1. The van der Waals surface area contributed by atoms with Gasteiger partial charge < -0.3 is 5.32 Å². The van der Waals surface area contributed by atoms with Crippen molar-refractivity contribution in [3.63, 3.8) is 0 Å². The number of halogens is 2. The summed E-state index contributed by atoms with van der Waals surface area (Å²) in [5, 5.41) is 9.84. The number of benzene rings is 1. The van der Waals surface area contributed by atoms with E-state index in [9.17, 15) is 4.79 Å². The quantitative estimate of drug-likeness (QED) is 0.738. The monoisotopic (exact) mass is 381 g/mol. The molecule has 2 aromatic rings. The maximum atomic E-state index is 12.1. The Bertz CT molecular complexity index is 719. The number of amides is 1. The van der Waals surface area contributed by atoms with Crippen LogP contribution < -0.4 is 5.32 Å². The first-order valence-electron chi connectivity index (χ1n) is 5.59. The second kappa shape index (κ2) is 4.61. The molecule has 3 rings (SSSR count). The number of H-pyrrole nitrogens is 1. The van der Waals surface area contributed by atoms with Crippen LogP contribution in [0.5, 0.6) is 0 Å². The molecule has 1 aliphatic heterocycles. The van der Waals surface area contributed by atoms with Crippen LogP contribution >= 0.6 is 31.9 Å². The summed E-state index contributed by atoms with van der Waals surface area (Å²) in [5.74, 6) is -0.116. The summed E-state index contributed by atoms with van der Waals surface area (Å²) in [6, 6.07) is 5.72. The molecule has 4 nitrogen and oxygen atoms in total. The maximum absolute atomic E-state index is 12.1. The number of hydrogen-bond acceptors (Lipinski definition) is 2. The van der Waals surface area contributed by atoms with E-state index in [0.29, 0.717) is 5.57 Å². The Hall–Kier alpha value is -1.40. The van der Waals surface area contributed by atoms with Gasteiger partial charge in [0, 0.05) is 20.2 Å². The summed E-state index contributed by atoms with van der Waals surface area (Å²) in [7, 11) is 0. The van der Waals surface area contributed by atoms with Crippen molar-refractivity contribution in [1.29, 1.82) is 0 Å². The third kappa shape index (κ3) is 2.26. The molecule has 19 heavy (non-hydrogen) atoms. The van der Waals surface area contributed by atoms with Crippen molar-refractivity contribution >= 4 is 55.1 Å². The number of nitrogens with one attached hydrogen (secondary N) is 2. The molecule has 2 N–H and O–H groups in total. The fraction of sp³-hybridized carbons (Fsp3) is 0.0769. The van der Waals surface area contributed by atoms with Crippen LogP contribution in [0.25, 0.3) is 11.6 Å². The van der Waals surface area contributed by atoms with Crippen molar-refractivity contribution in [2.24, 2.45) is 0 Å². The van der Waals surface area contributed by atoms with Crippen molar-refractivity contribution in [2.75, 3.05) is 5.32 Å². The molecule has 6 heteroatoms. The van der Waals surface area contributed by atoms with Gasteiger partial charge in [0.25, 0.3) is 5.91 Å². The van der Waals surface area contributed by atoms with E-state index in [1.807, 2.05) is 25.1 Å². The predicted molar refractivity (Wildman–Crippen MR) is 81.7 cm³/mol. The number of fused-ring (bicyclic) bond motifs is 1. The van der Waals surface area contributed by atoms with Gasteiger partial charge in [-0.1, -0.05) is 15.9 Å². The second-order valence-electron chi connectivity index (χ2n) is 4.30. The highest BCUT2D eigenvalue weighted by Gasteiger charge is 2.26. The summed E-state index contributed by atoms with van der Waals surface area (Å²) >= 11 is 6.88. The SMILES string of the molecule is Cc1cc(C=C2C(=O)Nc3c(Br)cc(Br)cc32)n[nH]1. The van der Waals surface area contributed by atoms with E-state index in [1.165, 1.54) is 0 Å². The van der Waals surface area contributed by atoms with Gasteiger partial charge in [-0.2, -0.15) is 5.10 Å². The molecule has 0 unspecified atom stereocenters. The summed E-state index contributed by atoms with van der Waals surface area (Å²) in [6.45, 7) is 1.92. The van der Waals surface area contributed by atoms with Gasteiger partial charge in [0.1, 0.15) is 0 Å². The van der Waals surface area contributed by atoms with Crippen LogP contribution in [0.2, 0.25) is 0 Å². The van der Waals surface area contributed by atoms with E-state index in [2.05, 4.69) is 47.4 Å². The molecular formula is C13H9Br2N3O. The number of aryl methyl sites for hydroxylation is 1. The first kappa shape index (κ1) is 12.6. The molecule has 1 aromatic carbocycles. The Kier molecular flexibility index (Phi) is 3.06. The van der Waals surface area contributed by atoms with Crippen molar-refractivity contribution in [1.82, 2.24) is 10.2 Å². The van der Waals surface area contributed by atoms with Gasteiger partial charge in [0.15, 0.2) is 0 Å². The molecule has 1 aromatic heterocycles. The highest BCUT2D eigenvalue weighted by molar-refractivity contribution is 9.11. The topological polar surface area (TPSA) is 57.8 Å². The zero-order chi connectivity index (χ0) is 13.6. The lowest BCUT2D eigenvalue weighted by molar-refractivity contribution is -0.110. The van der Waals surface area contributed by atoms with Gasteiger partial charge in [0.2, 0.25) is 0 Å². The summed E-state index contributed by atoms with van der Waals surface area (Å²) in [4.78, 5) is 12.1. The normalized spacial score (nSPS) is 15.7. The summed E-state index contributed by atoms with van der Waals surface area (Å²) < 4.78 is 1.77. The fourth-order valence-corrected chi connectivity index (χ4v) is 3.34. The highest BCUT2D eigenvalue weighted by atomic mass is 79.9. The van der Waals surface area contributed by atoms with Crippen LogP contribution in [-0.4, -0.2) is 16.1 Å². The molecular weight excluding hydrogens is 374 g/mol.